The summed E-state index contributed by atoms with van der Waals surface area (Å²) in [5.74, 6) is -5.25. The Morgan fingerprint density at radius 2 is 1.88 bits per heavy atom. The maximum absolute atomic E-state index is 14.6. The molecule has 1 aliphatic heterocycles. The third-order valence-electron chi connectivity index (χ3n) is 4.90. The molecule has 2 aromatic carbocycles. The van der Waals surface area contributed by atoms with Gasteiger partial charge in [-0.3, -0.25) is 14.4 Å². The summed E-state index contributed by atoms with van der Waals surface area (Å²) < 4.78 is 19.3. The van der Waals surface area contributed by atoms with E-state index in [0.29, 0.717) is 6.54 Å². The van der Waals surface area contributed by atoms with E-state index >= 15 is 0 Å². The number of nitrogens with one attached hydrogen (secondary N) is 2. The molecule has 9 heteroatoms. The molecular weight excluding hydrogens is 433 g/mol. The van der Waals surface area contributed by atoms with E-state index in [1.54, 1.807) is 6.07 Å². The summed E-state index contributed by atoms with van der Waals surface area (Å²) in [6.07, 6.45) is 0. The lowest BCUT2D eigenvalue weighted by Crippen LogP contribution is -2.44. The molecule has 0 unspecified atom stereocenters. The summed E-state index contributed by atoms with van der Waals surface area (Å²) in [6, 6.07) is 16.9. The maximum atomic E-state index is 14.6. The first-order valence-corrected chi connectivity index (χ1v) is 10.7. The summed E-state index contributed by atoms with van der Waals surface area (Å²) in [6.45, 7) is 0.332. The topological polar surface area (TPSA) is 108 Å². The molecule has 2 amide bonds. The van der Waals surface area contributed by atoms with Gasteiger partial charge in [-0.15, -0.1) is 0 Å². The monoisotopic (exact) mass is 453 g/mol. The predicted octanol–water partition coefficient (Wildman–Crippen LogP) is 2.61. The molecule has 0 spiro atoms. The van der Waals surface area contributed by atoms with Crippen molar-refractivity contribution in [2.45, 2.75) is 12.5 Å². The number of esters is 1. The lowest BCUT2D eigenvalue weighted by molar-refractivity contribution is -0.150. The molecule has 32 heavy (non-hydrogen) atoms. The number of thioether (sulfide) groups is 1. The number of methoxy groups -OCH3 is 1. The number of allylic oxidation sites excluding steroid dienone is 1. The second-order valence-corrected chi connectivity index (χ2v) is 7.88. The van der Waals surface area contributed by atoms with E-state index in [9.17, 15) is 24.0 Å². The molecule has 2 N–H and O–H groups in total. The van der Waals surface area contributed by atoms with Crippen LogP contribution in [-0.2, 0) is 25.7 Å². The van der Waals surface area contributed by atoms with Gasteiger partial charge in [0.1, 0.15) is 11.7 Å². The SMILES string of the molecule is COC(=O)[C@H]1C(=O)NC(SCC(=O)NCc2ccccc2)=C(C#N)[C@H]1c1ccccc1F. The summed E-state index contributed by atoms with van der Waals surface area (Å²) in [5.41, 5.74) is 0.946. The van der Waals surface area contributed by atoms with Crippen LogP contribution in [0.5, 0.6) is 0 Å². The van der Waals surface area contributed by atoms with Gasteiger partial charge in [0.05, 0.1) is 29.5 Å². The maximum Gasteiger partial charge on any atom is 0.319 e. The van der Waals surface area contributed by atoms with Crippen molar-refractivity contribution in [1.82, 2.24) is 10.6 Å². The summed E-state index contributed by atoms with van der Waals surface area (Å²) in [7, 11) is 1.12. The van der Waals surface area contributed by atoms with Crippen LogP contribution < -0.4 is 10.6 Å². The minimum atomic E-state index is -1.43. The molecule has 3 rings (SSSR count). The molecule has 0 aliphatic carbocycles. The number of ether oxygens (including phenoxy) is 1. The Morgan fingerprint density at radius 3 is 2.53 bits per heavy atom. The van der Waals surface area contributed by atoms with Crippen LogP contribution >= 0.6 is 11.8 Å². The molecule has 1 aliphatic rings. The van der Waals surface area contributed by atoms with Gasteiger partial charge >= 0.3 is 5.97 Å². The fraction of sp³-hybridized carbons (Fsp3) is 0.217. The van der Waals surface area contributed by atoms with Gasteiger partial charge < -0.3 is 15.4 Å². The average molecular weight is 453 g/mol. The number of carbonyl (C=O) groups is 3. The highest BCUT2D eigenvalue weighted by Crippen LogP contribution is 2.40. The first-order valence-electron chi connectivity index (χ1n) is 9.67. The van der Waals surface area contributed by atoms with Crippen LogP contribution in [0, 0.1) is 23.1 Å². The Morgan fingerprint density at radius 1 is 1.19 bits per heavy atom. The third-order valence-corrected chi connectivity index (χ3v) is 5.92. The Bertz CT molecular complexity index is 1100. The number of nitriles is 1. The molecule has 2 aromatic rings. The Hall–Kier alpha value is -3.64. The van der Waals surface area contributed by atoms with Gasteiger partial charge in [-0.25, -0.2) is 4.39 Å². The second-order valence-electron chi connectivity index (χ2n) is 6.89. The Labute approximate surface area is 188 Å². The lowest BCUT2D eigenvalue weighted by Gasteiger charge is -2.31. The van der Waals surface area contributed by atoms with Gasteiger partial charge in [0.25, 0.3) is 0 Å². The van der Waals surface area contributed by atoms with Crippen LogP contribution in [0.4, 0.5) is 4.39 Å². The fourth-order valence-electron chi connectivity index (χ4n) is 3.37. The molecule has 1 heterocycles. The van der Waals surface area contributed by atoms with Crippen LogP contribution in [0.1, 0.15) is 17.0 Å². The molecule has 0 saturated carbocycles. The minimum Gasteiger partial charge on any atom is -0.468 e. The number of halogens is 1. The van der Waals surface area contributed by atoms with Gasteiger partial charge in [-0.1, -0.05) is 60.3 Å². The van der Waals surface area contributed by atoms with E-state index in [-0.39, 0.29) is 27.8 Å². The van der Waals surface area contributed by atoms with Crippen LogP contribution in [0.2, 0.25) is 0 Å². The number of amides is 2. The lowest BCUT2D eigenvalue weighted by atomic mass is 9.78. The zero-order valence-corrected chi connectivity index (χ0v) is 17.9. The quantitative estimate of drug-likeness (QED) is 0.493. The molecule has 0 aromatic heterocycles. The Balaban J connectivity index is 1.84. The van der Waals surface area contributed by atoms with Gasteiger partial charge in [0, 0.05) is 12.5 Å². The van der Waals surface area contributed by atoms with E-state index in [4.69, 9.17) is 4.74 Å². The smallest absolute Gasteiger partial charge is 0.319 e. The van der Waals surface area contributed by atoms with Crippen molar-refractivity contribution in [3.63, 3.8) is 0 Å². The standard InChI is InChI=1S/C23H20FN3O4S/c1-31-23(30)20-19(15-9-5-6-10-17(15)24)16(11-25)22(27-21(20)29)32-13-18(28)26-12-14-7-3-2-4-8-14/h2-10,19-20H,12-13H2,1H3,(H,26,28)(H,27,29)/t19-,20-/m1/s1. The van der Waals surface area contributed by atoms with E-state index < -0.39 is 29.5 Å². The largest absolute Gasteiger partial charge is 0.468 e. The highest BCUT2D eigenvalue weighted by Gasteiger charge is 2.45. The summed E-state index contributed by atoms with van der Waals surface area (Å²) >= 11 is 0.941. The van der Waals surface area contributed by atoms with E-state index in [1.165, 1.54) is 18.2 Å². The Kier molecular flexibility index (Phi) is 7.63. The number of carbonyl (C=O) groups excluding carboxylic acids is 3. The van der Waals surface area contributed by atoms with Gasteiger partial charge in [-0.05, 0) is 17.2 Å². The minimum absolute atomic E-state index is 0.00837. The number of nitrogens with zero attached hydrogens (tertiary/aromatic N) is 1. The van der Waals surface area contributed by atoms with Crippen molar-refractivity contribution >= 4 is 29.5 Å². The number of benzene rings is 2. The second kappa shape index (κ2) is 10.6. The van der Waals surface area contributed by atoms with Crippen LogP contribution in [-0.4, -0.2) is 30.6 Å². The normalized spacial score (nSPS) is 17.8. The molecule has 0 bridgehead atoms. The predicted molar refractivity (Wildman–Crippen MR) is 116 cm³/mol. The number of hydrogen-bond acceptors (Lipinski definition) is 6. The summed E-state index contributed by atoms with van der Waals surface area (Å²) in [5, 5.41) is 15.2. The van der Waals surface area contributed by atoms with Gasteiger partial charge in [0.15, 0.2) is 0 Å². The van der Waals surface area contributed by atoms with Crippen molar-refractivity contribution in [2.24, 2.45) is 5.92 Å². The molecule has 0 radical (unpaired) electrons. The van der Waals surface area contributed by atoms with Crippen LogP contribution in [0.25, 0.3) is 0 Å². The summed E-state index contributed by atoms with van der Waals surface area (Å²) in [4.78, 5) is 37.3. The van der Waals surface area contributed by atoms with E-state index in [0.717, 1.165) is 24.4 Å². The molecule has 2 atom stereocenters. The van der Waals surface area contributed by atoms with Crippen LogP contribution in [0.15, 0.2) is 65.2 Å². The molecule has 164 valence electrons. The molecule has 0 saturated heterocycles. The highest BCUT2D eigenvalue weighted by molar-refractivity contribution is 8.03. The van der Waals surface area contributed by atoms with Crippen molar-refractivity contribution in [1.29, 1.82) is 5.26 Å². The van der Waals surface area contributed by atoms with Crippen LogP contribution in [0.3, 0.4) is 0 Å². The van der Waals surface area contributed by atoms with Gasteiger partial charge in [-0.2, -0.15) is 5.26 Å². The average Bonchev–Trinajstić information content (AvgIpc) is 2.81. The third kappa shape index (κ3) is 5.15. The van der Waals surface area contributed by atoms with E-state index in [2.05, 4.69) is 10.6 Å². The van der Waals surface area contributed by atoms with Crippen molar-refractivity contribution in [3.05, 3.63) is 82.1 Å². The molecule has 7 nitrogen and oxygen atoms in total. The first-order chi connectivity index (χ1) is 15.5. The molecule has 0 fully saturated rings. The molecular formula is C23H20FN3O4S. The zero-order valence-electron chi connectivity index (χ0n) is 17.1. The van der Waals surface area contributed by atoms with Crippen molar-refractivity contribution in [3.8, 4) is 6.07 Å². The van der Waals surface area contributed by atoms with Crippen molar-refractivity contribution < 1.29 is 23.5 Å². The highest BCUT2D eigenvalue weighted by atomic mass is 32.2. The van der Waals surface area contributed by atoms with Gasteiger partial charge in [0.2, 0.25) is 11.8 Å². The zero-order chi connectivity index (χ0) is 23.1. The first kappa shape index (κ1) is 23.0. The van der Waals surface area contributed by atoms with Crippen molar-refractivity contribution in [2.75, 3.05) is 12.9 Å². The number of rotatable bonds is 7. The fourth-order valence-corrected chi connectivity index (χ4v) is 4.25. The van der Waals surface area contributed by atoms with E-state index in [1.807, 2.05) is 36.4 Å². The number of hydrogen-bond donors (Lipinski definition) is 2.